The first-order valence-electron chi connectivity index (χ1n) is 7.27. The molecular weight excluding hydrogens is 299 g/mol. The third-order valence-corrected chi connectivity index (χ3v) is 3.59. The number of urea groups is 1. The van der Waals surface area contributed by atoms with E-state index >= 15 is 0 Å². The van der Waals surface area contributed by atoms with Crippen molar-refractivity contribution in [3.8, 4) is 11.5 Å². The Morgan fingerprint density at radius 3 is 2.96 bits per heavy atom. The Labute approximate surface area is 133 Å². The molecule has 3 rings (SSSR count). The third-order valence-electron chi connectivity index (χ3n) is 3.59. The molecule has 1 heterocycles. The van der Waals surface area contributed by atoms with E-state index in [1.54, 1.807) is 13.2 Å². The van der Waals surface area contributed by atoms with Crippen LogP contribution < -0.4 is 20.1 Å². The third kappa shape index (κ3) is 3.71. The van der Waals surface area contributed by atoms with Gasteiger partial charge in [-0.15, -0.1) is 0 Å². The van der Waals surface area contributed by atoms with Crippen LogP contribution in [0, 0.1) is 5.82 Å². The average molecular weight is 316 g/mol. The lowest BCUT2D eigenvalue weighted by molar-refractivity contribution is 0.222. The fraction of sp³-hybridized carbons (Fsp3) is 0.235. The number of carbonyl (C=O) groups is 1. The van der Waals surface area contributed by atoms with E-state index in [0.29, 0.717) is 18.7 Å². The Morgan fingerprint density at radius 1 is 1.30 bits per heavy atom. The van der Waals surface area contributed by atoms with E-state index in [0.717, 1.165) is 17.1 Å². The van der Waals surface area contributed by atoms with E-state index in [4.69, 9.17) is 9.47 Å². The second-order valence-corrected chi connectivity index (χ2v) is 5.29. The topological polar surface area (TPSA) is 59.6 Å². The van der Waals surface area contributed by atoms with Gasteiger partial charge in [0.25, 0.3) is 0 Å². The molecule has 23 heavy (non-hydrogen) atoms. The molecule has 2 aromatic rings. The predicted molar refractivity (Wildman–Crippen MR) is 84.5 cm³/mol. The highest BCUT2D eigenvalue weighted by Gasteiger charge is 2.22. The van der Waals surface area contributed by atoms with Crippen LogP contribution in [-0.2, 0) is 6.42 Å². The number of amides is 2. The lowest BCUT2D eigenvalue weighted by atomic mass is 10.0. The maximum absolute atomic E-state index is 13.1. The van der Waals surface area contributed by atoms with Crippen LogP contribution in [0.4, 0.5) is 14.9 Å². The van der Waals surface area contributed by atoms with E-state index in [9.17, 15) is 9.18 Å². The molecule has 1 unspecified atom stereocenters. The first-order valence-corrected chi connectivity index (χ1v) is 7.27. The molecule has 0 fully saturated rings. The molecule has 0 saturated carbocycles. The molecule has 1 atom stereocenters. The van der Waals surface area contributed by atoms with Crippen LogP contribution in [0.1, 0.15) is 5.56 Å². The van der Waals surface area contributed by atoms with Crippen molar-refractivity contribution in [3.05, 3.63) is 53.8 Å². The van der Waals surface area contributed by atoms with Gasteiger partial charge < -0.3 is 20.1 Å². The average Bonchev–Trinajstić information content (AvgIpc) is 2.54. The zero-order valence-corrected chi connectivity index (χ0v) is 12.6. The van der Waals surface area contributed by atoms with Gasteiger partial charge in [-0.3, -0.25) is 0 Å². The summed E-state index contributed by atoms with van der Waals surface area (Å²) in [5.41, 5.74) is 1.38. The number of benzene rings is 2. The van der Waals surface area contributed by atoms with E-state index in [1.807, 2.05) is 18.2 Å². The summed E-state index contributed by atoms with van der Waals surface area (Å²) in [7, 11) is 1.60. The smallest absolute Gasteiger partial charge is 0.319 e. The van der Waals surface area contributed by atoms with Gasteiger partial charge in [-0.1, -0.05) is 6.07 Å². The molecule has 5 nitrogen and oxygen atoms in total. The van der Waals surface area contributed by atoms with Gasteiger partial charge in [0.2, 0.25) is 0 Å². The van der Waals surface area contributed by atoms with Gasteiger partial charge in [0.15, 0.2) is 0 Å². The standard InChI is InChI=1S/C17H17FN2O3/c1-22-15-5-6-16-11(8-15)7-14(10-23-16)20-17(21)19-13-4-2-3-12(18)9-13/h2-6,8-9,14H,7,10H2,1H3,(H2,19,20,21). The number of ether oxygens (including phenoxy) is 2. The summed E-state index contributed by atoms with van der Waals surface area (Å²) in [6.07, 6.45) is 0.642. The SMILES string of the molecule is COc1ccc2c(c1)CC(NC(=O)Nc1cccc(F)c1)CO2. The number of carbonyl (C=O) groups excluding carboxylic acids is 1. The van der Waals surface area contributed by atoms with Crippen molar-refractivity contribution in [1.29, 1.82) is 0 Å². The predicted octanol–water partition coefficient (Wildman–Crippen LogP) is 2.96. The lowest BCUT2D eigenvalue weighted by Crippen LogP contribution is -2.44. The molecule has 2 aromatic carbocycles. The summed E-state index contributed by atoms with van der Waals surface area (Å²) in [6, 6.07) is 10.8. The van der Waals surface area contributed by atoms with Crippen LogP contribution in [0.5, 0.6) is 11.5 Å². The minimum absolute atomic E-state index is 0.164. The molecule has 6 heteroatoms. The van der Waals surface area contributed by atoms with Gasteiger partial charge in [0, 0.05) is 5.69 Å². The van der Waals surface area contributed by atoms with Crippen molar-refractivity contribution in [2.45, 2.75) is 12.5 Å². The van der Waals surface area contributed by atoms with Crippen LogP contribution in [0.15, 0.2) is 42.5 Å². The Balaban J connectivity index is 1.61. The first-order chi connectivity index (χ1) is 11.1. The largest absolute Gasteiger partial charge is 0.497 e. The number of nitrogens with one attached hydrogen (secondary N) is 2. The number of methoxy groups -OCH3 is 1. The van der Waals surface area contributed by atoms with Crippen molar-refractivity contribution < 1.29 is 18.7 Å². The Kier molecular flexibility index (Phi) is 4.32. The second-order valence-electron chi connectivity index (χ2n) is 5.29. The molecular formula is C17H17FN2O3. The van der Waals surface area contributed by atoms with Crippen LogP contribution in [0.25, 0.3) is 0 Å². The fourth-order valence-corrected chi connectivity index (χ4v) is 2.51. The van der Waals surface area contributed by atoms with Crippen molar-refractivity contribution in [1.82, 2.24) is 5.32 Å². The highest BCUT2D eigenvalue weighted by atomic mass is 19.1. The van der Waals surface area contributed by atoms with Crippen molar-refractivity contribution in [2.24, 2.45) is 0 Å². The Hall–Kier alpha value is -2.76. The highest BCUT2D eigenvalue weighted by Crippen LogP contribution is 2.28. The normalized spacial score (nSPS) is 16.0. The molecule has 1 aliphatic rings. The van der Waals surface area contributed by atoms with Crippen LogP contribution in [-0.4, -0.2) is 25.8 Å². The number of hydrogen-bond donors (Lipinski definition) is 2. The van der Waals surface area contributed by atoms with Crippen molar-refractivity contribution in [3.63, 3.8) is 0 Å². The van der Waals surface area contributed by atoms with Gasteiger partial charge in [0.1, 0.15) is 23.9 Å². The van der Waals surface area contributed by atoms with Crippen LogP contribution in [0.2, 0.25) is 0 Å². The summed E-state index contributed by atoms with van der Waals surface area (Å²) in [5, 5.41) is 5.43. The molecule has 0 bridgehead atoms. The van der Waals surface area contributed by atoms with Gasteiger partial charge in [0.05, 0.1) is 13.2 Å². The van der Waals surface area contributed by atoms with Gasteiger partial charge in [-0.25, -0.2) is 9.18 Å². The maximum Gasteiger partial charge on any atom is 0.319 e. The molecule has 0 spiro atoms. The van der Waals surface area contributed by atoms with Crippen molar-refractivity contribution >= 4 is 11.7 Å². The Bertz CT molecular complexity index is 721. The molecule has 0 aromatic heterocycles. The quantitative estimate of drug-likeness (QED) is 0.915. The molecule has 2 amide bonds. The highest BCUT2D eigenvalue weighted by molar-refractivity contribution is 5.89. The van der Waals surface area contributed by atoms with E-state index in [-0.39, 0.29) is 6.04 Å². The second kappa shape index (κ2) is 6.56. The molecule has 1 aliphatic heterocycles. The lowest BCUT2D eigenvalue weighted by Gasteiger charge is -2.26. The number of halogens is 1. The van der Waals surface area contributed by atoms with Crippen LogP contribution >= 0.6 is 0 Å². The number of anilines is 1. The number of rotatable bonds is 3. The molecule has 0 saturated heterocycles. The Morgan fingerprint density at radius 2 is 2.17 bits per heavy atom. The summed E-state index contributed by atoms with van der Waals surface area (Å²) >= 11 is 0. The minimum atomic E-state index is -0.398. The van der Waals surface area contributed by atoms with E-state index < -0.39 is 11.8 Å². The van der Waals surface area contributed by atoms with Crippen LogP contribution in [0.3, 0.4) is 0 Å². The molecule has 2 N–H and O–H groups in total. The van der Waals surface area contributed by atoms with E-state index in [1.165, 1.54) is 18.2 Å². The number of fused-ring (bicyclic) bond motifs is 1. The molecule has 120 valence electrons. The first kappa shape index (κ1) is 15.1. The van der Waals surface area contributed by atoms with Crippen molar-refractivity contribution in [2.75, 3.05) is 19.0 Å². The van der Waals surface area contributed by atoms with Gasteiger partial charge in [-0.2, -0.15) is 0 Å². The fourth-order valence-electron chi connectivity index (χ4n) is 2.51. The zero-order chi connectivity index (χ0) is 16.2. The molecule has 0 aliphatic carbocycles. The summed E-state index contributed by atoms with van der Waals surface area (Å²) in [6.45, 7) is 0.385. The molecule has 0 radical (unpaired) electrons. The van der Waals surface area contributed by atoms with Gasteiger partial charge in [-0.05, 0) is 48.4 Å². The monoisotopic (exact) mass is 316 g/mol. The summed E-state index contributed by atoms with van der Waals surface area (Å²) in [5.74, 6) is 1.15. The van der Waals surface area contributed by atoms with E-state index in [2.05, 4.69) is 10.6 Å². The number of hydrogen-bond acceptors (Lipinski definition) is 3. The van der Waals surface area contributed by atoms with Gasteiger partial charge >= 0.3 is 6.03 Å². The zero-order valence-electron chi connectivity index (χ0n) is 12.6. The summed E-state index contributed by atoms with van der Waals surface area (Å²) in [4.78, 5) is 12.0. The summed E-state index contributed by atoms with van der Waals surface area (Å²) < 4.78 is 24.0. The maximum atomic E-state index is 13.1. The minimum Gasteiger partial charge on any atom is -0.497 e.